The number of benzene rings is 1. The van der Waals surface area contributed by atoms with Gasteiger partial charge in [-0.25, -0.2) is 9.97 Å². The molecule has 0 unspecified atom stereocenters. The average Bonchev–Trinajstić information content (AvgIpc) is 2.91. The third kappa shape index (κ3) is 1.86. The summed E-state index contributed by atoms with van der Waals surface area (Å²) in [5, 5.41) is 11.5. The molecule has 1 aliphatic rings. The second-order valence-electron chi connectivity index (χ2n) is 5.37. The van der Waals surface area contributed by atoms with Crippen molar-refractivity contribution in [2.45, 2.75) is 0 Å². The zero-order valence-corrected chi connectivity index (χ0v) is 12.3. The molecule has 4 aromatic rings. The Morgan fingerprint density at radius 1 is 1.08 bits per heavy atom. The molecule has 4 N–H and O–H groups in total. The minimum absolute atomic E-state index is 0.223. The number of nitrogens with zero attached hydrogens (tertiary/aromatic N) is 4. The summed E-state index contributed by atoms with van der Waals surface area (Å²) < 4.78 is 6.07. The summed E-state index contributed by atoms with van der Waals surface area (Å²) >= 11 is 0. The predicted molar refractivity (Wildman–Crippen MR) is 89.1 cm³/mol. The maximum absolute atomic E-state index is 6.07. The molecule has 0 aliphatic carbocycles. The van der Waals surface area contributed by atoms with Crippen LogP contribution < -0.4 is 15.8 Å². The topological polar surface area (TPSA) is 115 Å². The number of aromatic nitrogens is 5. The Balaban J connectivity index is 1.75. The second-order valence-corrected chi connectivity index (χ2v) is 5.37. The van der Waals surface area contributed by atoms with Gasteiger partial charge in [-0.05, 0) is 24.3 Å². The van der Waals surface area contributed by atoms with Crippen LogP contribution in [0.4, 0.5) is 17.5 Å². The minimum Gasteiger partial charge on any atom is -0.453 e. The highest BCUT2D eigenvalue weighted by atomic mass is 16.5. The van der Waals surface area contributed by atoms with Gasteiger partial charge in [0.05, 0.1) is 28.5 Å². The highest BCUT2D eigenvalue weighted by Gasteiger charge is 2.20. The van der Waals surface area contributed by atoms with E-state index in [1.54, 1.807) is 24.7 Å². The molecule has 1 aliphatic heterocycles. The van der Waals surface area contributed by atoms with Gasteiger partial charge >= 0.3 is 0 Å². The van der Waals surface area contributed by atoms with Crippen molar-refractivity contribution >= 4 is 28.4 Å². The number of fused-ring (bicyclic) bond motifs is 1. The smallest absolute Gasteiger partial charge is 0.220 e. The highest BCUT2D eigenvalue weighted by Crippen LogP contribution is 2.43. The molecule has 3 aromatic heterocycles. The van der Waals surface area contributed by atoms with Crippen LogP contribution in [0, 0.1) is 0 Å². The first-order valence-corrected chi connectivity index (χ1v) is 7.28. The first kappa shape index (κ1) is 12.8. The van der Waals surface area contributed by atoms with Crippen molar-refractivity contribution in [2.24, 2.45) is 0 Å². The van der Waals surface area contributed by atoms with Crippen LogP contribution in [-0.2, 0) is 0 Å². The monoisotopic (exact) mass is 317 g/mol. The van der Waals surface area contributed by atoms with Crippen LogP contribution >= 0.6 is 0 Å². The van der Waals surface area contributed by atoms with Crippen molar-refractivity contribution in [3.63, 3.8) is 0 Å². The van der Waals surface area contributed by atoms with E-state index < -0.39 is 0 Å². The van der Waals surface area contributed by atoms with Crippen LogP contribution in [0.25, 0.3) is 22.2 Å². The van der Waals surface area contributed by atoms with Crippen LogP contribution in [0.2, 0.25) is 0 Å². The number of aromatic amines is 1. The third-order valence-electron chi connectivity index (χ3n) is 3.85. The lowest BCUT2D eigenvalue weighted by Crippen LogP contribution is -1.95. The number of nitrogens with one attached hydrogen (secondary N) is 2. The van der Waals surface area contributed by atoms with E-state index in [4.69, 9.17) is 10.5 Å². The summed E-state index contributed by atoms with van der Waals surface area (Å²) in [4.78, 5) is 12.3. The molecular formula is C16H11N7O. The molecule has 0 amide bonds. The Labute approximate surface area is 135 Å². The molecule has 0 radical (unpaired) electrons. The SMILES string of the molecule is Nc1nccc(-c2cc3c4c(n[nH]c4c2)Nc2ccncc2O3)n1. The molecule has 0 bridgehead atoms. The second kappa shape index (κ2) is 4.66. The van der Waals surface area contributed by atoms with Crippen molar-refractivity contribution in [3.05, 3.63) is 42.9 Å². The number of hydrogen-bond donors (Lipinski definition) is 3. The molecular weight excluding hydrogens is 306 g/mol. The number of hydrogen-bond acceptors (Lipinski definition) is 7. The number of pyridine rings is 1. The number of ether oxygens (including phenoxy) is 1. The first-order valence-electron chi connectivity index (χ1n) is 7.28. The van der Waals surface area contributed by atoms with Gasteiger partial charge in [0.15, 0.2) is 11.6 Å². The largest absolute Gasteiger partial charge is 0.453 e. The van der Waals surface area contributed by atoms with Crippen LogP contribution in [0.5, 0.6) is 11.5 Å². The lowest BCUT2D eigenvalue weighted by molar-refractivity contribution is 0.490. The molecule has 8 heteroatoms. The summed E-state index contributed by atoms with van der Waals surface area (Å²) in [6, 6.07) is 7.50. The molecule has 24 heavy (non-hydrogen) atoms. The Morgan fingerprint density at radius 2 is 2.04 bits per heavy atom. The Bertz CT molecular complexity index is 1090. The van der Waals surface area contributed by atoms with Gasteiger partial charge in [0, 0.05) is 18.0 Å². The maximum atomic E-state index is 6.07. The standard InChI is InChI=1S/C16H11N7O/c17-16-19-4-2-9(21-16)8-5-11-14-12(6-8)24-13-7-18-3-1-10(13)20-15(14)23-22-11/h1-7H,(H2,17,19,21)(H2,20,22,23). The van der Waals surface area contributed by atoms with Crippen molar-refractivity contribution in [2.75, 3.05) is 11.1 Å². The normalized spacial score (nSPS) is 12.2. The van der Waals surface area contributed by atoms with Crippen molar-refractivity contribution in [1.29, 1.82) is 0 Å². The Morgan fingerprint density at radius 3 is 2.96 bits per heavy atom. The third-order valence-corrected chi connectivity index (χ3v) is 3.85. The summed E-state index contributed by atoms with van der Waals surface area (Å²) in [5.74, 6) is 2.23. The fourth-order valence-electron chi connectivity index (χ4n) is 2.78. The summed E-state index contributed by atoms with van der Waals surface area (Å²) in [6.07, 6.45) is 4.99. The molecule has 0 saturated heterocycles. The molecule has 116 valence electrons. The van der Waals surface area contributed by atoms with E-state index in [9.17, 15) is 0 Å². The summed E-state index contributed by atoms with van der Waals surface area (Å²) in [6.45, 7) is 0. The van der Waals surface area contributed by atoms with E-state index >= 15 is 0 Å². The molecule has 4 heterocycles. The van der Waals surface area contributed by atoms with Crippen molar-refractivity contribution in [1.82, 2.24) is 25.1 Å². The lowest BCUT2D eigenvalue weighted by Gasteiger charge is -2.09. The number of H-pyrrole nitrogens is 1. The van der Waals surface area contributed by atoms with Crippen LogP contribution in [-0.4, -0.2) is 25.1 Å². The fraction of sp³-hybridized carbons (Fsp3) is 0. The molecule has 0 atom stereocenters. The van der Waals surface area contributed by atoms with E-state index in [2.05, 4.69) is 30.5 Å². The quantitative estimate of drug-likeness (QED) is 0.435. The molecule has 0 saturated carbocycles. The van der Waals surface area contributed by atoms with Crippen LogP contribution in [0.3, 0.4) is 0 Å². The number of nitrogens with two attached hydrogens (primary N) is 1. The molecule has 5 rings (SSSR count). The van der Waals surface area contributed by atoms with Gasteiger partial charge < -0.3 is 15.8 Å². The Hall–Kier alpha value is -3.68. The minimum atomic E-state index is 0.223. The van der Waals surface area contributed by atoms with E-state index in [0.29, 0.717) is 23.0 Å². The van der Waals surface area contributed by atoms with Gasteiger partial charge in [0.2, 0.25) is 5.95 Å². The van der Waals surface area contributed by atoms with Crippen LogP contribution in [0.1, 0.15) is 0 Å². The highest BCUT2D eigenvalue weighted by molar-refractivity contribution is 6.00. The Kier molecular flexibility index (Phi) is 2.49. The molecule has 0 spiro atoms. The summed E-state index contributed by atoms with van der Waals surface area (Å²) in [7, 11) is 0. The van der Waals surface area contributed by atoms with Gasteiger partial charge in [0.25, 0.3) is 0 Å². The molecule has 0 fully saturated rings. The zero-order chi connectivity index (χ0) is 16.1. The average molecular weight is 317 g/mol. The van der Waals surface area contributed by atoms with Crippen molar-refractivity contribution in [3.8, 4) is 22.8 Å². The zero-order valence-electron chi connectivity index (χ0n) is 12.3. The number of nitrogen functional groups attached to an aromatic ring is 1. The van der Waals surface area contributed by atoms with E-state index in [1.165, 1.54) is 0 Å². The molecule has 8 nitrogen and oxygen atoms in total. The van der Waals surface area contributed by atoms with E-state index in [-0.39, 0.29) is 5.95 Å². The lowest BCUT2D eigenvalue weighted by atomic mass is 10.1. The van der Waals surface area contributed by atoms with Crippen LogP contribution in [0.15, 0.2) is 42.9 Å². The van der Waals surface area contributed by atoms with Gasteiger partial charge in [-0.1, -0.05) is 0 Å². The van der Waals surface area contributed by atoms with Gasteiger partial charge in [0.1, 0.15) is 5.75 Å². The first-order chi connectivity index (χ1) is 11.8. The van der Waals surface area contributed by atoms with E-state index in [0.717, 1.165) is 22.2 Å². The number of anilines is 3. The fourth-order valence-corrected chi connectivity index (χ4v) is 2.78. The van der Waals surface area contributed by atoms with Gasteiger partial charge in [-0.15, -0.1) is 0 Å². The maximum Gasteiger partial charge on any atom is 0.220 e. The van der Waals surface area contributed by atoms with Gasteiger partial charge in [-0.2, -0.15) is 5.10 Å². The van der Waals surface area contributed by atoms with Crippen molar-refractivity contribution < 1.29 is 4.74 Å². The van der Waals surface area contributed by atoms with Gasteiger partial charge in [-0.3, -0.25) is 10.1 Å². The molecule has 1 aromatic carbocycles. The number of rotatable bonds is 1. The summed E-state index contributed by atoms with van der Waals surface area (Å²) in [5.41, 5.74) is 8.90. The predicted octanol–water partition coefficient (Wildman–Crippen LogP) is 2.85. The van der Waals surface area contributed by atoms with E-state index in [1.807, 2.05) is 18.2 Å².